The van der Waals surface area contributed by atoms with Crippen molar-refractivity contribution < 1.29 is 4.79 Å². The average Bonchev–Trinajstić information content (AvgIpc) is 2.81. The van der Waals surface area contributed by atoms with Crippen LogP contribution in [0.15, 0.2) is 24.3 Å². The molecule has 1 amide bonds. The van der Waals surface area contributed by atoms with Gasteiger partial charge in [0.1, 0.15) is 0 Å². The third-order valence-electron chi connectivity index (χ3n) is 4.94. The first-order valence-electron chi connectivity index (χ1n) is 8.52. The van der Waals surface area contributed by atoms with Gasteiger partial charge in [0, 0.05) is 18.1 Å². The summed E-state index contributed by atoms with van der Waals surface area (Å²) in [6.45, 7) is 2.77. The molecule has 128 valence electrons. The molecule has 1 aromatic carbocycles. The molecule has 0 bridgehead atoms. The number of likely N-dealkylation sites (tertiary alicyclic amines) is 1. The van der Waals surface area contributed by atoms with E-state index in [1.54, 1.807) is 0 Å². The van der Waals surface area contributed by atoms with E-state index in [1.165, 1.54) is 18.4 Å². The number of amides is 1. The summed E-state index contributed by atoms with van der Waals surface area (Å²) in [6, 6.07) is 8.25. The molecule has 0 radical (unpaired) electrons. The van der Waals surface area contributed by atoms with Crippen LogP contribution < -0.4 is 5.32 Å². The standard InChI is InChI=1S/C18H25ClN2O.ClH/c19-16-9-7-14(8-10-16)17-6-2-1-3-12-21(17)18(22)15-5-4-11-20-13-15;/h7-10,15,17,20H,1-6,11-13H2;1H. The van der Waals surface area contributed by atoms with Crippen LogP contribution in [0, 0.1) is 5.92 Å². The molecule has 2 fully saturated rings. The van der Waals surface area contributed by atoms with Crippen LogP contribution in [0.4, 0.5) is 0 Å². The highest BCUT2D eigenvalue weighted by Gasteiger charge is 2.32. The van der Waals surface area contributed by atoms with Crippen molar-refractivity contribution in [2.24, 2.45) is 5.92 Å². The van der Waals surface area contributed by atoms with Gasteiger partial charge in [0.15, 0.2) is 0 Å². The molecule has 1 aromatic rings. The fourth-order valence-corrected chi connectivity index (χ4v) is 3.83. The van der Waals surface area contributed by atoms with E-state index in [1.807, 2.05) is 12.1 Å². The Balaban J connectivity index is 0.00000192. The zero-order chi connectivity index (χ0) is 15.4. The molecular weight excluding hydrogens is 331 g/mol. The number of rotatable bonds is 2. The van der Waals surface area contributed by atoms with Gasteiger partial charge < -0.3 is 10.2 Å². The van der Waals surface area contributed by atoms with Gasteiger partial charge in [-0.2, -0.15) is 0 Å². The summed E-state index contributed by atoms with van der Waals surface area (Å²) in [5.41, 5.74) is 1.23. The van der Waals surface area contributed by atoms with Crippen molar-refractivity contribution in [1.29, 1.82) is 0 Å². The Kier molecular flexibility index (Phi) is 7.19. The zero-order valence-corrected chi connectivity index (χ0v) is 15.0. The fraction of sp³-hybridized carbons (Fsp3) is 0.611. The second-order valence-electron chi connectivity index (χ2n) is 6.49. The second-order valence-corrected chi connectivity index (χ2v) is 6.93. The topological polar surface area (TPSA) is 32.3 Å². The molecule has 2 saturated heterocycles. The van der Waals surface area contributed by atoms with Crippen molar-refractivity contribution in [3.05, 3.63) is 34.9 Å². The van der Waals surface area contributed by atoms with Gasteiger partial charge in [-0.3, -0.25) is 4.79 Å². The SMILES string of the molecule is Cl.O=C(C1CCCNC1)N1CCCCCC1c1ccc(Cl)cc1. The number of carbonyl (C=O) groups is 1. The van der Waals surface area contributed by atoms with Crippen molar-refractivity contribution >= 4 is 29.9 Å². The number of benzene rings is 1. The van der Waals surface area contributed by atoms with Gasteiger partial charge in [-0.25, -0.2) is 0 Å². The van der Waals surface area contributed by atoms with Crippen molar-refractivity contribution in [1.82, 2.24) is 10.2 Å². The van der Waals surface area contributed by atoms with E-state index >= 15 is 0 Å². The minimum atomic E-state index is 0. The predicted molar refractivity (Wildman–Crippen MR) is 97.2 cm³/mol. The van der Waals surface area contributed by atoms with Crippen LogP contribution in [0.5, 0.6) is 0 Å². The van der Waals surface area contributed by atoms with Gasteiger partial charge >= 0.3 is 0 Å². The van der Waals surface area contributed by atoms with Gasteiger partial charge in [-0.1, -0.05) is 36.6 Å². The van der Waals surface area contributed by atoms with Crippen LogP contribution in [0.3, 0.4) is 0 Å². The van der Waals surface area contributed by atoms with E-state index in [-0.39, 0.29) is 24.4 Å². The van der Waals surface area contributed by atoms with Crippen LogP contribution in [-0.4, -0.2) is 30.4 Å². The van der Waals surface area contributed by atoms with Crippen LogP contribution in [-0.2, 0) is 4.79 Å². The maximum Gasteiger partial charge on any atom is 0.227 e. The largest absolute Gasteiger partial charge is 0.335 e. The summed E-state index contributed by atoms with van der Waals surface area (Å²) >= 11 is 6.01. The van der Waals surface area contributed by atoms with E-state index in [0.29, 0.717) is 5.91 Å². The minimum absolute atomic E-state index is 0. The summed E-state index contributed by atoms with van der Waals surface area (Å²) in [5, 5.41) is 4.12. The smallest absolute Gasteiger partial charge is 0.227 e. The Morgan fingerprint density at radius 2 is 1.87 bits per heavy atom. The van der Waals surface area contributed by atoms with Gasteiger partial charge in [0.05, 0.1) is 12.0 Å². The second kappa shape index (κ2) is 8.91. The monoisotopic (exact) mass is 356 g/mol. The number of hydrogen-bond donors (Lipinski definition) is 1. The molecule has 1 N–H and O–H groups in total. The van der Waals surface area contributed by atoms with Crippen molar-refractivity contribution in [2.45, 2.75) is 44.6 Å². The molecule has 0 aromatic heterocycles. The summed E-state index contributed by atoms with van der Waals surface area (Å²) in [4.78, 5) is 15.2. The Morgan fingerprint density at radius 1 is 1.09 bits per heavy atom. The Bertz CT molecular complexity index is 500. The lowest BCUT2D eigenvalue weighted by Gasteiger charge is -2.35. The molecule has 3 rings (SSSR count). The highest BCUT2D eigenvalue weighted by molar-refractivity contribution is 6.30. The molecule has 2 atom stereocenters. The van der Waals surface area contributed by atoms with Gasteiger partial charge in [-0.15, -0.1) is 12.4 Å². The summed E-state index contributed by atoms with van der Waals surface area (Å²) in [5.74, 6) is 0.496. The van der Waals surface area contributed by atoms with E-state index < -0.39 is 0 Å². The first-order valence-corrected chi connectivity index (χ1v) is 8.90. The number of piperidine rings is 1. The zero-order valence-electron chi connectivity index (χ0n) is 13.5. The van der Waals surface area contributed by atoms with Gasteiger partial charge in [-0.05, 0) is 49.9 Å². The lowest BCUT2D eigenvalue weighted by Crippen LogP contribution is -2.44. The summed E-state index contributed by atoms with van der Waals surface area (Å²) in [6.07, 6.45) is 6.73. The number of halogens is 2. The molecule has 2 heterocycles. The first kappa shape index (κ1) is 18.6. The minimum Gasteiger partial charge on any atom is -0.335 e. The molecule has 3 nitrogen and oxygen atoms in total. The van der Waals surface area contributed by atoms with E-state index in [0.717, 1.165) is 50.3 Å². The normalized spacial score (nSPS) is 25.3. The van der Waals surface area contributed by atoms with Gasteiger partial charge in [0.25, 0.3) is 0 Å². The number of hydrogen-bond acceptors (Lipinski definition) is 2. The van der Waals surface area contributed by atoms with Crippen LogP contribution in [0.2, 0.25) is 5.02 Å². The van der Waals surface area contributed by atoms with Crippen LogP contribution in [0.25, 0.3) is 0 Å². The van der Waals surface area contributed by atoms with Crippen LogP contribution in [0.1, 0.15) is 50.1 Å². The average molecular weight is 357 g/mol. The van der Waals surface area contributed by atoms with Crippen molar-refractivity contribution in [2.75, 3.05) is 19.6 Å². The number of nitrogens with one attached hydrogen (secondary N) is 1. The fourth-order valence-electron chi connectivity index (χ4n) is 3.70. The molecule has 5 heteroatoms. The number of nitrogens with zero attached hydrogens (tertiary/aromatic N) is 1. The highest BCUT2D eigenvalue weighted by atomic mass is 35.5. The predicted octanol–water partition coefficient (Wildman–Crippen LogP) is 4.21. The molecule has 0 saturated carbocycles. The molecule has 23 heavy (non-hydrogen) atoms. The van der Waals surface area contributed by atoms with Crippen molar-refractivity contribution in [3.8, 4) is 0 Å². The molecular formula is C18H26Cl2N2O. The highest BCUT2D eigenvalue weighted by Crippen LogP contribution is 2.32. The quantitative estimate of drug-likeness (QED) is 0.860. The third-order valence-corrected chi connectivity index (χ3v) is 5.19. The van der Waals surface area contributed by atoms with E-state index in [9.17, 15) is 4.79 Å². The maximum atomic E-state index is 13.0. The van der Waals surface area contributed by atoms with E-state index in [4.69, 9.17) is 11.6 Å². The van der Waals surface area contributed by atoms with E-state index in [2.05, 4.69) is 22.3 Å². The Morgan fingerprint density at radius 3 is 2.57 bits per heavy atom. The summed E-state index contributed by atoms with van der Waals surface area (Å²) in [7, 11) is 0. The molecule has 2 unspecified atom stereocenters. The molecule has 0 spiro atoms. The third kappa shape index (κ3) is 4.62. The Hall–Kier alpha value is -0.770. The van der Waals surface area contributed by atoms with Gasteiger partial charge in [0.2, 0.25) is 5.91 Å². The molecule has 2 aliphatic heterocycles. The lowest BCUT2D eigenvalue weighted by molar-refractivity contribution is -0.138. The Labute approximate surface area is 150 Å². The molecule has 0 aliphatic carbocycles. The molecule has 2 aliphatic rings. The van der Waals surface area contributed by atoms with Crippen LogP contribution >= 0.6 is 24.0 Å². The lowest BCUT2D eigenvalue weighted by atomic mass is 9.95. The first-order chi connectivity index (χ1) is 10.8. The summed E-state index contributed by atoms with van der Waals surface area (Å²) < 4.78 is 0. The van der Waals surface area contributed by atoms with Crippen molar-refractivity contribution in [3.63, 3.8) is 0 Å². The number of carbonyl (C=O) groups excluding carboxylic acids is 1. The maximum absolute atomic E-state index is 13.0.